The summed E-state index contributed by atoms with van der Waals surface area (Å²) in [5.74, 6) is 0.457. The zero-order valence-electron chi connectivity index (χ0n) is 8.32. The fourth-order valence-corrected chi connectivity index (χ4v) is 2.24. The van der Waals surface area contributed by atoms with Gasteiger partial charge in [0.05, 0.1) is 6.10 Å². The molecule has 1 aromatic rings. The van der Waals surface area contributed by atoms with Crippen molar-refractivity contribution in [3.8, 4) is 0 Å². The van der Waals surface area contributed by atoms with Gasteiger partial charge in [0.15, 0.2) is 0 Å². The molecule has 1 unspecified atom stereocenters. The number of aliphatic hydroxyl groups excluding tert-OH is 1. The number of hydrogen-bond acceptors (Lipinski definition) is 2. The summed E-state index contributed by atoms with van der Waals surface area (Å²) in [6.07, 6.45) is 4.54. The Morgan fingerprint density at radius 1 is 1.14 bits per heavy atom. The van der Waals surface area contributed by atoms with E-state index in [1.54, 1.807) is 0 Å². The van der Waals surface area contributed by atoms with Crippen LogP contribution in [0.4, 0.5) is 5.69 Å². The Morgan fingerprint density at radius 3 is 2.29 bits per heavy atom. The Kier molecular flexibility index (Phi) is 2.73. The second-order valence-electron chi connectivity index (χ2n) is 4.16. The maximum atomic E-state index is 10.1. The van der Waals surface area contributed by atoms with Gasteiger partial charge in [0.1, 0.15) is 0 Å². The molecule has 14 heavy (non-hydrogen) atoms. The number of hydrogen-bond donors (Lipinski definition) is 2. The molecule has 1 saturated carbocycles. The lowest BCUT2D eigenvalue weighted by atomic mass is 9.94. The molecule has 3 N–H and O–H groups in total. The predicted octanol–water partition coefficient (Wildman–Crippen LogP) is 2.49. The van der Waals surface area contributed by atoms with Gasteiger partial charge in [0, 0.05) is 5.69 Å². The number of benzene rings is 1. The van der Waals surface area contributed by atoms with Crippen molar-refractivity contribution < 1.29 is 5.11 Å². The molecule has 76 valence electrons. The number of nitrogens with two attached hydrogens (primary N) is 1. The summed E-state index contributed by atoms with van der Waals surface area (Å²) >= 11 is 0. The highest BCUT2D eigenvalue weighted by molar-refractivity contribution is 5.39. The van der Waals surface area contributed by atoms with E-state index < -0.39 is 0 Å². The predicted molar refractivity (Wildman–Crippen MR) is 57.8 cm³/mol. The van der Waals surface area contributed by atoms with Crippen molar-refractivity contribution >= 4 is 5.69 Å². The maximum absolute atomic E-state index is 10.1. The highest BCUT2D eigenvalue weighted by Crippen LogP contribution is 2.35. The molecule has 0 saturated heterocycles. The summed E-state index contributed by atoms with van der Waals surface area (Å²) in [6, 6.07) is 7.57. The summed E-state index contributed by atoms with van der Waals surface area (Å²) in [6.45, 7) is 0. The maximum Gasteiger partial charge on any atom is 0.0818 e. The molecule has 1 aromatic carbocycles. The molecular weight excluding hydrogens is 174 g/mol. The Bertz CT molecular complexity index is 288. The summed E-state index contributed by atoms with van der Waals surface area (Å²) in [4.78, 5) is 0. The highest BCUT2D eigenvalue weighted by atomic mass is 16.3. The van der Waals surface area contributed by atoms with Crippen molar-refractivity contribution in [3.63, 3.8) is 0 Å². The zero-order valence-corrected chi connectivity index (χ0v) is 8.32. The van der Waals surface area contributed by atoms with Gasteiger partial charge in [-0.15, -0.1) is 0 Å². The SMILES string of the molecule is Nc1ccc(C(O)C2CCCC2)cc1. The van der Waals surface area contributed by atoms with Crippen LogP contribution in [0.3, 0.4) is 0 Å². The number of aliphatic hydroxyl groups is 1. The first-order chi connectivity index (χ1) is 6.77. The number of nitrogen functional groups attached to an aromatic ring is 1. The second kappa shape index (κ2) is 4.01. The van der Waals surface area contributed by atoms with E-state index in [0.717, 1.165) is 24.1 Å². The first kappa shape index (κ1) is 9.53. The van der Waals surface area contributed by atoms with Crippen molar-refractivity contribution in [2.75, 3.05) is 5.73 Å². The first-order valence-electron chi connectivity index (χ1n) is 5.31. The summed E-state index contributed by atoms with van der Waals surface area (Å²) in [5.41, 5.74) is 7.36. The van der Waals surface area contributed by atoms with Crippen molar-refractivity contribution in [1.82, 2.24) is 0 Å². The quantitative estimate of drug-likeness (QED) is 0.705. The van der Waals surface area contributed by atoms with Crippen LogP contribution in [-0.2, 0) is 0 Å². The highest BCUT2D eigenvalue weighted by Gasteiger charge is 2.23. The van der Waals surface area contributed by atoms with E-state index in [2.05, 4.69) is 0 Å². The van der Waals surface area contributed by atoms with Crippen LogP contribution in [0.1, 0.15) is 37.4 Å². The van der Waals surface area contributed by atoms with E-state index >= 15 is 0 Å². The van der Waals surface area contributed by atoms with Gasteiger partial charge < -0.3 is 10.8 Å². The molecule has 1 aliphatic carbocycles. The smallest absolute Gasteiger partial charge is 0.0818 e. The molecular formula is C12H17NO. The van der Waals surface area contributed by atoms with Crippen molar-refractivity contribution in [3.05, 3.63) is 29.8 Å². The van der Waals surface area contributed by atoms with Gasteiger partial charge in [0.2, 0.25) is 0 Å². The lowest BCUT2D eigenvalue weighted by Gasteiger charge is -2.17. The van der Waals surface area contributed by atoms with Crippen molar-refractivity contribution in [1.29, 1.82) is 0 Å². The lowest BCUT2D eigenvalue weighted by molar-refractivity contribution is 0.111. The fraction of sp³-hybridized carbons (Fsp3) is 0.500. The van der Waals surface area contributed by atoms with Crippen LogP contribution in [0.25, 0.3) is 0 Å². The number of anilines is 1. The molecule has 0 heterocycles. The van der Waals surface area contributed by atoms with Crippen LogP contribution >= 0.6 is 0 Å². The monoisotopic (exact) mass is 191 g/mol. The van der Waals surface area contributed by atoms with Gasteiger partial charge >= 0.3 is 0 Å². The van der Waals surface area contributed by atoms with Gasteiger partial charge in [-0.3, -0.25) is 0 Å². The standard InChI is InChI=1S/C12H17NO/c13-11-7-5-10(6-8-11)12(14)9-3-1-2-4-9/h5-9,12,14H,1-4,13H2. The lowest BCUT2D eigenvalue weighted by Crippen LogP contribution is -2.08. The molecule has 1 fully saturated rings. The Hall–Kier alpha value is -1.02. The average Bonchev–Trinajstić information content (AvgIpc) is 2.71. The molecule has 2 rings (SSSR count). The van der Waals surface area contributed by atoms with Gasteiger partial charge in [-0.2, -0.15) is 0 Å². The Balaban J connectivity index is 2.09. The molecule has 2 heteroatoms. The van der Waals surface area contributed by atoms with E-state index in [1.165, 1.54) is 12.8 Å². The molecule has 0 radical (unpaired) electrons. The molecule has 0 bridgehead atoms. The normalized spacial score (nSPS) is 19.8. The average molecular weight is 191 g/mol. The number of rotatable bonds is 2. The van der Waals surface area contributed by atoms with Crippen LogP contribution < -0.4 is 5.73 Å². The first-order valence-corrected chi connectivity index (χ1v) is 5.31. The van der Waals surface area contributed by atoms with E-state index in [1.807, 2.05) is 24.3 Å². The van der Waals surface area contributed by atoms with Gasteiger partial charge in [-0.25, -0.2) is 0 Å². The van der Waals surface area contributed by atoms with Crippen molar-refractivity contribution in [2.45, 2.75) is 31.8 Å². The molecule has 0 spiro atoms. The van der Waals surface area contributed by atoms with Crippen molar-refractivity contribution in [2.24, 2.45) is 5.92 Å². The fourth-order valence-electron chi connectivity index (χ4n) is 2.24. The third kappa shape index (κ3) is 1.90. The molecule has 0 aromatic heterocycles. The summed E-state index contributed by atoms with van der Waals surface area (Å²) < 4.78 is 0. The molecule has 0 aliphatic heterocycles. The van der Waals surface area contributed by atoms with Crippen LogP contribution in [-0.4, -0.2) is 5.11 Å². The van der Waals surface area contributed by atoms with Crippen LogP contribution in [0, 0.1) is 5.92 Å². The van der Waals surface area contributed by atoms with Gasteiger partial charge in [-0.05, 0) is 36.5 Å². The van der Waals surface area contributed by atoms with E-state index in [4.69, 9.17) is 5.73 Å². The minimum absolute atomic E-state index is 0.293. The molecule has 2 nitrogen and oxygen atoms in total. The molecule has 1 aliphatic rings. The third-order valence-corrected chi connectivity index (χ3v) is 3.12. The van der Waals surface area contributed by atoms with Crippen LogP contribution in [0.5, 0.6) is 0 Å². The van der Waals surface area contributed by atoms with Gasteiger partial charge in [-0.1, -0.05) is 25.0 Å². The Labute approximate surface area is 84.7 Å². The zero-order chi connectivity index (χ0) is 9.97. The molecule has 1 atom stereocenters. The largest absolute Gasteiger partial charge is 0.399 e. The molecule has 0 amide bonds. The van der Waals surface area contributed by atoms with E-state index in [0.29, 0.717) is 5.92 Å². The van der Waals surface area contributed by atoms with E-state index in [9.17, 15) is 5.11 Å². The summed E-state index contributed by atoms with van der Waals surface area (Å²) in [7, 11) is 0. The Morgan fingerprint density at radius 2 is 1.71 bits per heavy atom. The minimum Gasteiger partial charge on any atom is -0.399 e. The van der Waals surface area contributed by atoms with Crippen LogP contribution in [0.15, 0.2) is 24.3 Å². The van der Waals surface area contributed by atoms with Crippen LogP contribution in [0.2, 0.25) is 0 Å². The topological polar surface area (TPSA) is 46.2 Å². The van der Waals surface area contributed by atoms with Gasteiger partial charge in [0.25, 0.3) is 0 Å². The summed E-state index contributed by atoms with van der Waals surface area (Å²) in [5, 5.41) is 10.1. The second-order valence-corrected chi connectivity index (χ2v) is 4.16. The minimum atomic E-state index is -0.293. The van der Waals surface area contributed by atoms with E-state index in [-0.39, 0.29) is 6.10 Å². The third-order valence-electron chi connectivity index (χ3n) is 3.12.